The Kier molecular flexibility index (Phi) is 2.69. The molecule has 1 aromatic heterocycles. The number of H-pyrrole nitrogens is 1. The van der Waals surface area contributed by atoms with Crippen LogP contribution in [0.2, 0.25) is 0 Å². The van der Waals surface area contributed by atoms with Gasteiger partial charge in [-0.2, -0.15) is 0 Å². The Labute approximate surface area is 97.2 Å². The number of hydrogen-bond donors (Lipinski definition) is 1. The number of hydrogen-bond acceptors (Lipinski definition) is 2. The average Bonchev–Trinajstić information content (AvgIpc) is 2.64. The van der Waals surface area contributed by atoms with Gasteiger partial charge >= 0.3 is 0 Å². The number of benzene rings is 1. The van der Waals surface area contributed by atoms with Crippen molar-refractivity contribution < 1.29 is 4.79 Å². The van der Waals surface area contributed by atoms with Crippen LogP contribution >= 0.6 is 31.9 Å². The lowest BCUT2D eigenvalue weighted by atomic mass is 10.1. The summed E-state index contributed by atoms with van der Waals surface area (Å²) in [4.78, 5) is 18.5. The molecule has 1 N–H and O–H groups in total. The Morgan fingerprint density at radius 1 is 1.50 bits per heavy atom. The van der Waals surface area contributed by atoms with Crippen LogP contribution in [-0.2, 0) is 0 Å². The zero-order chi connectivity index (χ0) is 10.1. The fraction of sp³-hybridized carbons (Fsp3) is 0.111. The second kappa shape index (κ2) is 3.82. The highest BCUT2D eigenvalue weighted by Gasteiger charge is 2.09. The number of Topliss-reactive ketones (excluding diaryl/α,β-unsaturated/α-hetero) is 1. The predicted octanol–water partition coefficient (Wildman–Crippen LogP) is 2.90. The van der Waals surface area contributed by atoms with Crippen molar-refractivity contribution in [3.05, 3.63) is 28.5 Å². The Bertz CT molecular complexity index is 493. The highest BCUT2D eigenvalue weighted by Crippen LogP contribution is 2.23. The summed E-state index contributed by atoms with van der Waals surface area (Å²) in [7, 11) is 0. The molecule has 0 aliphatic carbocycles. The molecular weight excluding hydrogens is 312 g/mol. The molecule has 0 spiro atoms. The molecule has 0 saturated heterocycles. The maximum absolute atomic E-state index is 11.4. The molecule has 0 saturated carbocycles. The van der Waals surface area contributed by atoms with E-state index in [9.17, 15) is 4.79 Å². The number of aromatic nitrogens is 2. The van der Waals surface area contributed by atoms with E-state index in [0.717, 1.165) is 15.5 Å². The second-order valence-corrected chi connectivity index (χ2v) is 4.23. The van der Waals surface area contributed by atoms with E-state index >= 15 is 0 Å². The number of aromatic amines is 1. The second-order valence-electron chi connectivity index (χ2n) is 2.81. The van der Waals surface area contributed by atoms with Gasteiger partial charge in [0.2, 0.25) is 0 Å². The molecule has 0 fully saturated rings. The zero-order valence-corrected chi connectivity index (χ0v) is 10.2. The first-order chi connectivity index (χ1) is 6.72. The first-order valence-corrected chi connectivity index (χ1v) is 5.85. The van der Waals surface area contributed by atoms with E-state index in [4.69, 9.17) is 0 Å². The van der Waals surface area contributed by atoms with Crippen LogP contribution in [-0.4, -0.2) is 21.1 Å². The molecule has 0 amide bonds. The summed E-state index contributed by atoms with van der Waals surface area (Å²) in [6.07, 6.45) is 1.61. The summed E-state index contributed by atoms with van der Waals surface area (Å²) >= 11 is 6.51. The summed E-state index contributed by atoms with van der Waals surface area (Å²) in [6.45, 7) is 0. The fourth-order valence-corrected chi connectivity index (χ4v) is 2.13. The number of imidazole rings is 1. The monoisotopic (exact) mass is 316 g/mol. The normalized spacial score (nSPS) is 10.7. The highest BCUT2D eigenvalue weighted by molar-refractivity contribution is 9.10. The van der Waals surface area contributed by atoms with E-state index in [1.54, 1.807) is 18.5 Å². The summed E-state index contributed by atoms with van der Waals surface area (Å²) in [6, 6.07) is 3.59. The lowest BCUT2D eigenvalue weighted by molar-refractivity contribution is 0.102. The standard InChI is InChI=1S/C9H6Br2N2O/c10-3-8(14)5-1-6(11)9-7(2-5)12-4-13-9/h1-2,4H,3H2,(H,12,13). The molecule has 5 heteroatoms. The molecule has 0 aliphatic rings. The smallest absolute Gasteiger partial charge is 0.173 e. The third kappa shape index (κ3) is 1.62. The van der Waals surface area contributed by atoms with Crippen molar-refractivity contribution in [1.29, 1.82) is 0 Å². The molecule has 72 valence electrons. The van der Waals surface area contributed by atoms with E-state index in [1.807, 2.05) is 0 Å². The Morgan fingerprint density at radius 3 is 3.00 bits per heavy atom. The molecular formula is C9H6Br2N2O. The number of carbonyl (C=O) groups excluding carboxylic acids is 1. The van der Waals surface area contributed by atoms with Crippen molar-refractivity contribution in [2.75, 3.05) is 5.33 Å². The Morgan fingerprint density at radius 2 is 2.29 bits per heavy atom. The topological polar surface area (TPSA) is 45.8 Å². The minimum absolute atomic E-state index is 0.0576. The minimum atomic E-state index is 0.0576. The van der Waals surface area contributed by atoms with E-state index in [1.165, 1.54) is 0 Å². The highest BCUT2D eigenvalue weighted by atomic mass is 79.9. The van der Waals surface area contributed by atoms with Crippen molar-refractivity contribution in [3.63, 3.8) is 0 Å². The number of halogens is 2. The summed E-state index contributed by atoms with van der Waals surface area (Å²) in [5, 5.41) is 0.332. The van der Waals surface area contributed by atoms with Crippen molar-refractivity contribution >= 4 is 48.7 Å². The zero-order valence-electron chi connectivity index (χ0n) is 7.05. The Hall–Kier alpha value is -0.680. The van der Waals surface area contributed by atoms with Crippen LogP contribution in [0, 0.1) is 0 Å². The van der Waals surface area contributed by atoms with E-state index in [-0.39, 0.29) is 5.78 Å². The Balaban J connectivity index is 2.64. The van der Waals surface area contributed by atoms with Gasteiger partial charge in [0.1, 0.15) is 5.52 Å². The molecule has 1 heterocycles. The minimum Gasteiger partial charge on any atom is -0.345 e. The largest absolute Gasteiger partial charge is 0.345 e. The van der Waals surface area contributed by atoms with Crippen molar-refractivity contribution in [2.24, 2.45) is 0 Å². The molecule has 3 nitrogen and oxygen atoms in total. The van der Waals surface area contributed by atoms with Gasteiger partial charge in [-0.05, 0) is 28.1 Å². The number of nitrogens with zero attached hydrogens (tertiary/aromatic N) is 1. The van der Waals surface area contributed by atoms with Gasteiger partial charge in [0.25, 0.3) is 0 Å². The number of rotatable bonds is 2. The van der Waals surface area contributed by atoms with Gasteiger partial charge in [-0.1, -0.05) is 15.9 Å². The summed E-state index contributed by atoms with van der Waals surface area (Å²) < 4.78 is 0.834. The van der Waals surface area contributed by atoms with Crippen LogP contribution in [0.25, 0.3) is 11.0 Å². The van der Waals surface area contributed by atoms with E-state index in [0.29, 0.717) is 10.9 Å². The van der Waals surface area contributed by atoms with E-state index in [2.05, 4.69) is 41.8 Å². The fourth-order valence-electron chi connectivity index (χ4n) is 1.24. The maximum Gasteiger partial charge on any atom is 0.173 e. The van der Waals surface area contributed by atoms with Crippen LogP contribution in [0.4, 0.5) is 0 Å². The lowest BCUT2D eigenvalue weighted by Gasteiger charge is -1.99. The van der Waals surface area contributed by atoms with Crippen molar-refractivity contribution in [2.45, 2.75) is 0 Å². The quantitative estimate of drug-likeness (QED) is 0.684. The van der Waals surface area contributed by atoms with Crippen molar-refractivity contribution in [1.82, 2.24) is 9.97 Å². The van der Waals surface area contributed by atoms with Crippen LogP contribution in [0.15, 0.2) is 22.9 Å². The first-order valence-electron chi connectivity index (χ1n) is 3.94. The molecule has 0 aliphatic heterocycles. The van der Waals surface area contributed by atoms with Crippen LogP contribution in [0.5, 0.6) is 0 Å². The van der Waals surface area contributed by atoms with Gasteiger partial charge < -0.3 is 4.98 Å². The number of fused-ring (bicyclic) bond motifs is 1. The summed E-state index contributed by atoms with van der Waals surface area (Å²) in [5.74, 6) is 0.0576. The molecule has 2 aromatic rings. The van der Waals surface area contributed by atoms with Gasteiger partial charge in [0, 0.05) is 10.0 Å². The first kappa shape index (κ1) is 9.86. The van der Waals surface area contributed by atoms with Crippen molar-refractivity contribution in [3.8, 4) is 0 Å². The number of carbonyl (C=O) groups is 1. The molecule has 0 atom stereocenters. The molecule has 0 bridgehead atoms. The number of nitrogens with one attached hydrogen (secondary N) is 1. The van der Waals surface area contributed by atoms with Gasteiger partial charge in [-0.3, -0.25) is 4.79 Å². The van der Waals surface area contributed by atoms with Crippen LogP contribution in [0.3, 0.4) is 0 Å². The molecule has 0 unspecified atom stereocenters. The number of ketones is 1. The molecule has 0 radical (unpaired) electrons. The van der Waals surface area contributed by atoms with Gasteiger partial charge in [0.15, 0.2) is 5.78 Å². The molecule has 14 heavy (non-hydrogen) atoms. The summed E-state index contributed by atoms with van der Waals surface area (Å²) in [5.41, 5.74) is 2.38. The lowest BCUT2D eigenvalue weighted by Crippen LogP contribution is -1.99. The SMILES string of the molecule is O=C(CBr)c1cc(Br)c2nc[nH]c2c1. The maximum atomic E-state index is 11.4. The third-order valence-electron chi connectivity index (χ3n) is 1.92. The van der Waals surface area contributed by atoms with E-state index < -0.39 is 0 Å². The van der Waals surface area contributed by atoms with Gasteiger partial charge in [-0.15, -0.1) is 0 Å². The van der Waals surface area contributed by atoms with Gasteiger partial charge in [-0.25, -0.2) is 4.98 Å². The van der Waals surface area contributed by atoms with Gasteiger partial charge in [0.05, 0.1) is 17.2 Å². The average molecular weight is 318 g/mol. The number of alkyl halides is 1. The predicted molar refractivity (Wildman–Crippen MR) is 61.9 cm³/mol. The van der Waals surface area contributed by atoms with Crippen LogP contribution < -0.4 is 0 Å². The third-order valence-corrected chi connectivity index (χ3v) is 3.03. The molecule has 2 rings (SSSR count). The molecule has 1 aromatic carbocycles. The van der Waals surface area contributed by atoms with Crippen LogP contribution in [0.1, 0.15) is 10.4 Å².